The summed E-state index contributed by atoms with van der Waals surface area (Å²) in [6.07, 6.45) is 5.88. The maximum atomic E-state index is 12.2. The van der Waals surface area contributed by atoms with E-state index in [9.17, 15) is 13.2 Å². The second kappa shape index (κ2) is 8.12. The van der Waals surface area contributed by atoms with Crippen LogP contribution in [0, 0.1) is 0 Å². The SMILES string of the molecule is CN(C)S(=O)(=O)c1ccc(SCC(=O)N2CCCCCC2)nc1. The summed E-state index contributed by atoms with van der Waals surface area (Å²) >= 11 is 1.35. The molecule has 6 nitrogen and oxygen atoms in total. The van der Waals surface area contributed by atoms with Crippen molar-refractivity contribution in [3.63, 3.8) is 0 Å². The molecule has 8 heteroatoms. The molecule has 0 aromatic carbocycles. The van der Waals surface area contributed by atoms with E-state index >= 15 is 0 Å². The van der Waals surface area contributed by atoms with Gasteiger partial charge < -0.3 is 4.90 Å². The van der Waals surface area contributed by atoms with E-state index in [2.05, 4.69) is 4.98 Å². The topological polar surface area (TPSA) is 70.6 Å². The molecule has 1 aromatic heterocycles. The van der Waals surface area contributed by atoms with Crippen LogP contribution in [0.1, 0.15) is 25.7 Å². The van der Waals surface area contributed by atoms with Crippen LogP contribution >= 0.6 is 11.8 Å². The molecule has 1 saturated heterocycles. The average Bonchev–Trinajstić information content (AvgIpc) is 2.82. The molecule has 1 aliphatic rings. The van der Waals surface area contributed by atoms with Crippen molar-refractivity contribution in [1.82, 2.24) is 14.2 Å². The predicted molar refractivity (Wildman–Crippen MR) is 90.9 cm³/mol. The van der Waals surface area contributed by atoms with E-state index in [4.69, 9.17) is 0 Å². The van der Waals surface area contributed by atoms with Crippen LogP contribution in [0.2, 0.25) is 0 Å². The lowest BCUT2D eigenvalue weighted by Gasteiger charge is -2.19. The second-order valence-electron chi connectivity index (χ2n) is 5.70. The molecule has 2 heterocycles. The quantitative estimate of drug-likeness (QED) is 0.752. The molecule has 0 saturated carbocycles. The third-order valence-corrected chi connectivity index (χ3v) is 6.52. The van der Waals surface area contributed by atoms with Crippen LogP contribution < -0.4 is 0 Å². The van der Waals surface area contributed by atoms with Crippen molar-refractivity contribution in [3.05, 3.63) is 18.3 Å². The van der Waals surface area contributed by atoms with Gasteiger partial charge in [0.1, 0.15) is 4.90 Å². The summed E-state index contributed by atoms with van der Waals surface area (Å²) in [7, 11) is -0.492. The zero-order valence-electron chi connectivity index (χ0n) is 13.6. The number of carbonyl (C=O) groups excluding carboxylic acids is 1. The highest BCUT2D eigenvalue weighted by molar-refractivity contribution is 7.99. The van der Waals surface area contributed by atoms with Gasteiger partial charge in [0.05, 0.1) is 10.8 Å². The lowest BCUT2D eigenvalue weighted by Crippen LogP contribution is -2.33. The summed E-state index contributed by atoms with van der Waals surface area (Å²) in [5.41, 5.74) is 0. The number of aromatic nitrogens is 1. The number of pyridine rings is 1. The van der Waals surface area contributed by atoms with Gasteiger partial charge in [-0.2, -0.15) is 0 Å². The summed E-state index contributed by atoms with van der Waals surface area (Å²) in [5, 5.41) is 0.658. The van der Waals surface area contributed by atoms with E-state index < -0.39 is 10.0 Å². The van der Waals surface area contributed by atoms with Crippen LogP contribution in [-0.4, -0.2) is 61.5 Å². The average molecular weight is 358 g/mol. The number of hydrogen-bond acceptors (Lipinski definition) is 5. The van der Waals surface area contributed by atoms with Crippen molar-refractivity contribution in [3.8, 4) is 0 Å². The summed E-state index contributed by atoms with van der Waals surface area (Å²) < 4.78 is 25.1. The Bertz CT molecular complexity index is 622. The van der Waals surface area contributed by atoms with Crippen molar-refractivity contribution in [2.45, 2.75) is 35.6 Å². The lowest BCUT2D eigenvalue weighted by atomic mass is 10.2. The van der Waals surface area contributed by atoms with Gasteiger partial charge in [-0.1, -0.05) is 24.6 Å². The van der Waals surface area contributed by atoms with Crippen LogP contribution in [0.4, 0.5) is 0 Å². The van der Waals surface area contributed by atoms with Crippen molar-refractivity contribution in [2.75, 3.05) is 32.9 Å². The molecule has 2 rings (SSSR count). The molecule has 0 aliphatic carbocycles. The van der Waals surface area contributed by atoms with Gasteiger partial charge in [-0.05, 0) is 25.0 Å². The van der Waals surface area contributed by atoms with Crippen LogP contribution in [0.15, 0.2) is 28.3 Å². The van der Waals surface area contributed by atoms with Gasteiger partial charge in [0.25, 0.3) is 0 Å². The predicted octanol–water partition coefficient (Wildman–Crippen LogP) is 1.83. The van der Waals surface area contributed by atoms with Crippen LogP contribution in [0.5, 0.6) is 0 Å². The van der Waals surface area contributed by atoms with E-state index in [0.29, 0.717) is 10.8 Å². The highest BCUT2D eigenvalue weighted by Gasteiger charge is 2.18. The number of thioether (sulfide) groups is 1. The molecule has 1 fully saturated rings. The van der Waals surface area contributed by atoms with Gasteiger partial charge in [0.2, 0.25) is 15.9 Å². The van der Waals surface area contributed by atoms with Crippen molar-refractivity contribution in [2.24, 2.45) is 0 Å². The molecule has 0 spiro atoms. The fraction of sp³-hybridized carbons (Fsp3) is 0.600. The van der Waals surface area contributed by atoms with Crippen LogP contribution in [-0.2, 0) is 14.8 Å². The van der Waals surface area contributed by atoms with Gasteiger partial charge in [0, 0.05) is 33.4 Å². The summed E-state index contributed by atoms with van der Waals surface area (Å²) in [5.74, 6) is 0.468. The maximum absolute atomic E-state index is 12.2. The molecule has 0 bridgehead atoms. The first kappa shape index (κ1) is 18.2. The van der Waals surface area contributed by atoms with Crippen molar-refractivity contribution >= 4 is 27.7 Å². The number of rotatable bonds is 5. The molecule has 0 unspecified atom stereocenters. The minimum Gasteiger partial charge on any atom is -0.342 e. The number of amides is 1. The first-order chi connectivity index (χ1) is 10.9. The zero-order valence-corrected chi connectivity index (χ0v) is 15.2. The number of likely N-dealkylation sites (tertiary alicyclic amines) is 1. The fourth-order valence-corrected chi connectivity index (χ4v) is 3.96. The highest BCUT2D eigenvalue weighted by Crippen LogP contribution is 2.20. The highest BCUT2D eigenvalue weighted by atomic mass is 32.2. The Morgan fingerprint density at radius 2 is 1.87 bits per heavy atom. The number of sulfonamides is 1. The molecular formula is C15H23N3O3S2. The van der Waals surface area contributed by atoms with Gasteiger partial charge in [-0.15, -0.1) is 0 Å². The third-order valence-electron chi connectivity index (χ3n) is 3.79. The van der Waals surface area contributed by atoms with Gasteiger partial charge in [-0.25, -0.2) is 17.7 Å². The van der Waals surface area contributed by atoms with E-state index in [1.165, 1.54) is 51.0 Å². The van der Waals surface area contributed by atoms with E-state index in [0.717, 1.165) is 30.2 Å². The number of carbonyl (C=O) groups is 1. The monoisotopic (exact) mass is 357 g/mol. The molecule has 1 aromatic rings. The van der Waals surface area contributed by atoms with Gasteiger partial charge >= 0.3 is 0 Å². The van der Waals surface area contributed by atoms with Gasteiger partial charge in [0.15, 0.2) is 0 Å². The minimum atomic E-state index is -3.46. The molecule has 128 valence electrons. The molecule has 1 aliphatic heterocycles. The molecule has 0 atom stereocenters. The molecule has 0 radical (unpaired) electrons. The summed E-state index contributed by atoms with van der Waals surface area (Å²) in [6.45, 7) is 1.68. The smallest absolute Gasteiger partial charge is 0.244 e. The largest absolute Gasteiger partial charge is 0.342 e. The summed E-state index contributed by atoms with van der Waals surface area (Å²) in [4.78, 5) is 18.4. The first-order valence-corrected chi connectivity index (χ1v) is 10.1. The lowest BCUT2D eigenvalue weighted by molar-refractivity contribution is -0.128. The molecule has 23 heavy (non-hydrogen) atoms. The normalized spacial score (nSPS) is 16.4. The number of nitrogens with zero attached hydrogens (tertiary/aromatic N) is 3. The van der Waals surface area contributed by atoms with E-state index in [1.807, 2.05) is 4.90 Å². The Morgan fingerprint density at radius 3 is 2.39 bits per heavy atom. The number of hydrogen-bond donors (Lipinski definition) is 0. The van der Waals surface area contributed by atoms with Gasteiger partial charge in [-0.3, -0.25) is 4.79 Å². The molecule has 0 N–H and O–H groups in total. The first-order valence-electron chi connectivity index (χ1n) is 7.70. The minimum absolute atomic E-state index is 0.128. The Hall–Kier alpha value is -1.12. The van der Waals surface area contributed by atoms with Crippen LogP contribution in [0.25, 0.3) is 0 Å². The Morgan fingerprint density at radius 1 is 1.22 bits per heavy atom. The second-order valence-corrected chi connectivity index (χ2v) is 8.85. The Balaban J connectivity index is 1.92. The Kier molecular flexibility index (Phi) is 6.43. The van der Waals surface area contributed by atoms with E-state index in [-0.39, 0.29) is 10.8 Å². The fourth-order valence-electron chi connectivity index (χ4n) is 2.36. The van der Waals surface area contributed by atoms with E-state index in [1.54, 1.807) is 6.07 Å². The standard InChI is InChI=1S/C15H23N3O3S2/c1-17(2)23(20,21)13-7-8-14(16-11-13)22-12-15(19)18-9-5-3-4-6-10-18/h7-8,11H,3-6,9-10,12H2,1-2H3. The van der Waals surface area contributed by atoms with Crippen LogP contribution in [0.3, 0.4) is 0 Å². The van der Waals surface area contributed by atoms with Crippen molar-refractivity contribution in [1.29, 1.82) is 0 Å². The summed E-state index contributed by atoms with van der Waals surface area (Å²) in [6, 6.07) is 3.18. The maximum Gasteiger partial charge on any atom is 0.244 e. The molecule has 1 amide bonds. The third kappa shape index (κ3) is 4.92. The zero-order chi connectivity index (χ0) is 16.9. The molecular weight excluding hydrogens is 334 g/mol. The van der Waals surface area contributed by atoms with Crippen molar-refractivity contribution < 1.29 is 13.2 Å². The Labute approximate surface area is 142 Å².